The Balaban J connectivity index is 1.76. The van der Waals surface area contributed by atoms with Gasteiger partial charge in [0.1, 0.15) is 0 Å². The Hall–Kier alpha value is -0.0800. The van der Waals surface area contributed by atoms with Crippen LogP contribution in [0, 0.1) is 5.92 Å². The summed E-state index contributed by atoms with van der Waals surface area (Å²) in [4.78, 5) is 2.74. The van der Waals surface area contributed by atoms with Gasteiger partial charge < -0.3 is 10.2 Å². The molecule has 1 aliphatic carbocycles. The first kappa shape index (κ1) is 11.4. The molecule has 2 heteroatoms. The van der Waals surface area contributed by atoms with Crippen molar-refractivity contribution in [1.29, 1.82) is 0 Å². The van der Waals surface area contributed by atoms with Gasteiger partial charge in [-0.1, -0.05) is 19.8 Å². The fourth-order valence-electron chi connectivity index (χ4n) is 2.87. The minimum Gasteiger partial charge on any atom is -0.317 e. The number of hydrogen-bond acceptors (Lipinski definition) is 2. The van der Waals surface area contributed by atoms with E-state index in [9.17, 15) is 0 Å². The number of hydrogen-bond donors (Lipinski definition) is 1. The molecule has 0 bridgehead atoms. The number of nitrogens with one attached hydrogen (secondary N) is 1. The number of likely N-dealkylation sites (tertiary alicyclic amines) is 1. The minimum absolute atomic E-state index is 0.777. The lowest BCUT2D eigenvalue weighted by Crippen LogP contribution is -2.45. The second-order valence-corrected chi connectivity index (χ2v) is 5.34. The smallest absolute Gasteiger partial charge is 0.00952 e. The van der Waals surface area contributed by atoms with Gasteiger partial charge in [-0.05, 0) is 51.7 Å². The molecule has 2 rings (SSSR count). The van der Waals surface area contributed by atoms with Gasteiger partial charge in [0, 0.05) is 12.1 Å². The first-order valence-corrected chi connectivity index (χ1v) is 6.74. The fourth-order valence-corrected chi connectivity index (χ4v) is 2.87. The maximum Gasteiger partial charge on any atom is 0.00952 e. The van der Waals surface area contributed by atoms with E-state index < -0.39 is 0 Å². The second-order valence-electron chi connectivity index (χ2n) is 5.34. The fraction of sp³-hybridized carbons (Fsp3) is 1.00. The standard InChI is InChI=1S/C13H26N2/c1-3-13(10-11-4-5-11)15-8-6-12(14-2)7-9-15/h11-14H,3-10H2,1-2H3. The van der Waals surface area contributed by atoms with Crippen molar-refractivity contribution in [2.75, 3.05) is 20.1 Å². The van der Waals surface area contributed by atoms with Crippen LogP contribution in [0.1, 0.15) is 45.4 Å². The van der Waals surface area contributed by atoms with Crippen molar-refractivity contribution in [1.82, 2.24) is 10.2 Å². The summed E-state index contributed by atoms with van der Waals surface area (Å²) in [5, 5.41) is 3.41. The lowest BCUT2D eigenvalue weighted by Gasteiger charge is -2.37. The lowest BCUT2D eigenvalue weighted by molar-refractivity contribution is 0.131. The van der Waals surface area contributed by atoms with E-state index in [4.69, 9.17) is 0 Å². The Bertz CT molecular complexity index is 181. The molecule has 1 saturated carbocycles. The molecular weight excluding hydrogens is 184 g/mol. The average molecular weight is 210 g/mol. The van der Waals surface area contributed by atoms with Crippen molar-refractivity contribution in [3.05, 3.63) is 0 Å². The van der Waals surface area contributed by atoms with Crippen LogP contribution in [0.4, 0.5) is 0 Å². The first-order chi connectivity index (χ1) is 7.33. The van der Waals surface area contributed by atoms with E-state index in [2.05, 4.69) is 24.2 Å². The Morgan fingerprint density at radius 3 is 2.33 bits per heavy atom. The molecule has 1 aliphatic heterocycles. The Morgan fingerprint density at radius 1 is 1.20 bits per heavy atom. The molecule has 0 aromatic heterocycles. The summed E-state index contributed by atoms with van der Waals surface area (Å²) in [5.41, 5.74) is 0. The van der Waals surface area contributed by atoms with Crippen LogP contribution < -0.4 is 5.32 Å². The van der Waals surface area contributed by atoms with E-state index in [1.165, 1.54) is 51.6 Å². The van der Waals surface area contributed by atoms with Crippen LogP contribution in [0.5, 0.6) is 0 Å². The molecule has 1 N–H and O–H groups in total. The van der Waals surface area contributed by atoms with E-state index in [0.29, 0.717) is 0 Å². The van der Waals surface area contributed by atoms with Crippen molar-refractivity contribution in [2.24, 2.45) is 5.92 Å². The summed E-state index contributed by atoms with van der Waals surface area (Å²) >= 11 is 0. The minimum atomic E-state index is 0.777. The third-order valence-electron chi connectivity index (χ3n) is 4.23. The van der Waals surface area contributed by atoms with Crippen molar-refractivity contribution >= 4 is 0 Å². The van der Waals surface area contributed by atoms with Gasteiger partial charge in [0.05, 0.1) is 0 Å². The van der Waals surface area contributed by atoms with Crippen molar-refractivity contribution < 1.29 is 0 Å². The second kappa shape index (κ2) is 5.31. The van der Waals surface area contributed by atoms with E-state index >= 15 is 0 Å². The molecule has 2 aliphatic rings. The van der Waals surface area contributed by atoms with Crippen LogP contribution in [0.2, 0.25) is 0 Å². The summed E-state index contributed by atoms with van der Waals surface area (Å²) < 4.78 is 0. The predicted molar refractivity (Wildman–Crippen MR) is 65.1 cm³/mol. The van der Waals surface area contributed by atoms with Crippen molar-refractivity contribution in [3.63, 3.8) is 0 Å². The molecular formula is C13H26N2. The van der Waals surface area contributed by atoms with Crippen LogP contribution in [0.15, 0.2) is 0 Å². The van der Waals surface area contributed by atoms with Crippen LogP contribution >= 0.6 is 0 Å². The number of rotatable bonds is 5. The third-order valence-corrected chi connectivity index (χ3v) is 4.23. The predicted octanol–water partition coefficient (Wildman–Crippen LogP) is 2.25. The van der Waals surface area contributed by atoms with Crippen molar-refractivity contribution in [3.8, 4) is 0 Å². The first-order valence-electron chi connectivity index (χ1n) is 6.74. The monoisotopic (exact) mass is 210 g/mol. The van der Waals surface area contributed by atoms with E-state index in [-0.39, 0.29) is 0 Å². The number of piperidine rings is 1. The largest absolute Gasteiger partial charge is 0.317 e. The van der Waals surface area contributed by atoms with Gasteiger partial charge in [0.15, 0.2) is 0 Å². The molecule has 0 aromatic rings. The van der Waals surface area contributed by atoms with E-state index in [1.54, 1.807) is 0 Å². The third kappa shape index (κ3) is 3.18. The Morgan fingerprint density at radius 2 is 1.87 bits per heavy atom. The molecule has 0 spiro atoms. The van der Waals surface area contributed by atoms with Crippen LogP contribution in [0.25, 0.3) is 0 Å². The van der Waals surface area contributed by atoms with Gasteiger partial charge in [0.2, 0.25) is 0 Å². The van der Waals surface area contributed by atoms with Crippen LogP contribution in [0.3, 0.4) is 0 Å². The quantitative estimate of drug-likeness (QED) is 0.749. The Labute approximate surface area is 94.4 Å². The molecule has 88 valence electrons. The van der Waals surface area contributed by atoms with Gasteiger partial charge in [0.25, 0.3) is 0 Å². The van der Waals surface area contributed by atoms with Gasteiger partial charge in [-0.25, -0.2) is 0 Å². The van der Waals surface area contributed by atoms with Gasteiger partial charge in [-0.3, -0.25) is 0 Å². The van der Waals surface area contributed by atoms with Crippen LogP contribution in [-0.4, -0.2) is 37.1 Å². The summed E-state index contributed by atoms with van der Waals surface area (Å²) in [7, 11) is 2.10. The summed E-state index contributed by atoms with van der Waals surface area (Å²) in [6, 6.07) is 1.66. The molecule has 1 heterocycles. The van der Waals surface area contributed by atoms with Gasteiger partial charge in [-0.15, -0.1) is 0 Å². The van der Waals surface area contributed by atoms with E-state index in [1.807, 2.05) is 0 Å². The highest BCUT2D eigenvalue weighted by Crippen LogP contribution is 2.35. The Kier molecular flexibility index (Phi) is 4.04. The molecule has 0 amide bonds. The van der Waals surface area contributed by atoms with Crippen LogP contribution in [-0.2, 0) is 0 Å². The molecule has 15 heavy (non-hydrogen) atoms. The molecule has 2 nitrogen and oxygen atoms in total. The highest BCUT2D eigenvalue weighted by atomic mass is 15.2. The SMILES string of the molecule is CCC(CC1CC1)N1CCC(NC)CC1. The maximum atomic E-state index is 3.41. The van der Waals surface area contributed by atoms with Gasteiger partial charge in [-0.2, -0.15) is 0 Å². The number of nitrogens with zero attached hydrogens (tertiary/aromatic N) is 1. The van der Waals surface area contributed by atoms with E-state index in [0.717, 1.165) is 18.0 Å². The summed E-state index contributed by atoms with van der Waals surface area (Å²) in [6.45, 7) is 4.99. The highest BCUT2D eigenvalue weighted by molar-refractivity contribution is 4.85. The lowest BCUT2D eigenvalue weighted by atomic mass is 9.99. The van der Waals surface area contributed by atoms with Crippen molar-refractivity contribution in [2.45, 2.75) is 57.5 Å². The average Bonchev–Trinajstić information content (AvgIpc) is 3.10. The zero-order chi connectivity index (χ0) is 10.7. The highest BCUT2D eigenvalue weighted by Gasteiger charge is 2.29. The molecule has 0 aromatic carbocycles. The molecule has 1 atom stereocenters. The summed E-state index contributed by atoms with van der Waals surface area (Å²) in [5.74, 6) is 1.08. The summed E-state index contributed by atoms with van der Waals surface area (Å²) in [6.07, 6.45) is 8.52. The molecule has 1 saturated heterocycles. The molecule has 2 fully saturated rings. The normalized spacial score (nSPS) is 26.8. The molecule has 0 radical (unpaired) electrons. The topological polar surface area (TPSA) is 15.3 Å². The zero-order valence-electron chi connectivity index (χ0n) is 10.3. The molecule has 1 unspecified atom stereocenters. The zero-order valence-corrected chi connectivity index (χ0v) is 10.3. The maximum absolute atomic E-state index is 3.41. The van der Waals surface area contributed by atoms with Gasteiger partial charge >= 0.3 is 0 Å².